The van der Waals surface area contributed by atoms with Gasteiger partial charge >= 0.3 is 0 Å². The third-order valence-corrected chi connectivity index (χ3v) is 4.25. The minimum atomic E-state index is -0.339. The van der Waals surface area contributed by atoms with Crippen molar-refractivity contribution in [2.45, 2.75) is 26.4 Å². The second kappa shape index (κ2) is 5.41. The van der Waals surface area contributed by atoms with Crippen LogP contribution in [0.4, 0.5) is 0 Å². The smallest absolute Gasteiger partial charge is 0.195 e. The molecule has 0 spiro atoms. The van der Waals surface area contributed by atoms with Crippen LogP contribution in [0.25, 0.3) is 0 Å². The van der Waals surface area contributed by atoms with E-state index in [2.05, 4.69) is 15.9 Å². The Kier molecular flexibility index (Phi) is 4.07. The molecule has 0 saturated carbocycles. The van der Waals surface area contributed by atoms with Crippen molar-refractivity contribution in [2.75, 3.05) is 13.7 Å². The van der Waals surface area contributed by atoms with Gasteiger partial charge in [-0.25, -0.2) is 0 Å². The van der Waals surface area contributed by atoms with Gasteiger partial charge in [0, 0.05) is 11.1 Å². The minimum absolute atomic E-state index is 0.0116. The molecule has 0 radical (unpaired) electrons. The zero-order valence-electron chi connectivity index (χ0n) is 10.8. The van der Waals surface area contributed by atoms with E-state index in [1.165, 1.54) is 0 Å². The molecule has 98 valence electrons. The summed E-state index contributed by atoms with van der Waals surface area (Å²) in [4.78, 5) is 12.5. The van der Waals surface area contributed by atoms with Gasteiger partial charge in [0.2, 0.25) is 0 Å². The first-order valence-electron chi connectivity index (χ1n) is 6.04. The summed E-state index contributed by atoms with van der Waals surface area (Å²) >= 11 is 3.45. The number of hydrogen-bond acceptors (Lipinski definition) is 3. The maximum Gasteiger partial charge on any atom is 0.195 e. The van der Waals surface area contributed by atoms with Crippen molar-refractivity contribution in [3.63, 3.8) is 0 Å². The van der Waals surface area contributed by atoms with Gasteiger partial charge in [0.05, 0.1) is 12.7 Å². The van der Waals surface area contributed by atoms with Gasteiger partial charge in [0.25, 0.3) is 0 Å². The summed E-state index contributed by atoms with van der Waals surface area (Å²) in [6.07, 6.45) is 0.597. The first-order chi connectivity index (χ1) is 8.54. The normalized spacial score (nSPS) is 23.1. The lowest BCUT2D eigenvalue weighted by Gasteiger charge is -2.16. The van der Waals surface area contributed by atoms with Crippen LogP contribution in [0, 0.1) is 12.8 Å². The molecule has 0 bridgehead atoms. The van der Waals surface area contributed by atoms with Crippen LogP contribution in [0.2, 0.25) is 0 Å². The Hall–Kier alpha value is -0.870. The van der Waals surface area contributed by atoms with E-state index in [1.807, 2.05) is 26.0 Å². The summed E-state index contributed by atoms with van der Waals surface area (Å²) in [6.45, 7) is 4.67. The molecule has 1 aromatic rings. The molecule has 1 heterocycles. The summed E-state index contributed by atoms with van der Waals surface area (Å²) in [5, 5.41) is 0. The number of rotatable bonds is 3. The largest absolute Gasteiger partial charge is 0.496 e. The number of benzene rings is 1. The average Bonchev–Trinajstić information content (AvgIpc) is 2.77. The summed E-state index contributed by atoms with van der Waals surface area (Å²) in [6, 6.07) is 3.70. The highest BCUT2D eigenvalue weighted by Crippen LogP contribution is 2.31. The van der Waals surface area contributed by atoms with E-state index in [4.69, 9.17) is 9.47 Å². The predicted octanol–water partition coefficient (Wildman–Crippen LogP) is 3.37. The molecule has 2 unspecified atom stereocenters. The number of carbonyl (C=O) groups excluding carboxylic acids is 1. The van der Waals surface area contributed by atoms with Crippen LogP contribution in [0.1, 0.15) is 29.3 Å². The highest BCUT2D eigenvalue weighted by atomic mass is 79.9. The number of ether oxygens (including phenoxy) is 2. The molecule has 1 aliphatic rings. The molecule has 1 fully saturated rings. The number of carbonyl (C=O) groups is 1. The maximum absolute atomic E-state index is 12.5. The summed E-state index contributed by atoms with van der Waals surface area (Å²) in [5.41, 5.74) is 1.64. The van der Waals surface area contributed by atoms with Crippen LogP contribution in [0.15, 0.2) is 16.6 Å². The lowest BCUT2D eigenvalue weighted by atomic mass is 9.95. The Morgan fingerprint density at radius 2 is 2.22 bits per heavy atom. The van der Waals surface area contributed by atoms with E-state index in [1.54, 1.807) is 7.11 Å². The Bertz CT molecular complexity index is 470. The zero-order valence-corrected chi connectivity index (χ0v) is 12.4. The van der Waals surface area contributed by atoms with Crippen LogP contribution in [-0.2, 0) is 4.74 Å². The second-order valence-corrected chi connectivity index (χ2v) is 5.58. The predicted molar refractivity (Wildman–Crippen MR) is 73.3 cm³/mol. The monoisotopic (exact) mass is 312 g/mol. The molecule has 1 aromatic carbocycles. The second-order valence-electron chi connectivity index (χ2n) is 4.72. The lowest BCUT2D eigenvalue weighted by Crippen LogP contribution is -2.25. The SMILES string of the molecule is COc1cc(C)c(Br)cc1C(=O)C1OCCC1C. The first-order valence-corrected chi connectivity index (χ1v) is 6.84. The van der Waals surface area contributed by atoms with Gasteiger partial charge in [-0.3, -0.25) is 4.79 Å². The van der Waals surface area contributed by atoms with Crippen molar-refractivity contribution in [3.8, 4) is 5.75 Å². The van der Waals surface area contributed by atoms with E-state index in [0.29, 0.717) is 17.9 Å². The Labute approximate surface area is 116 Å². The fourth-order valence-electron chi connectivity index (χ4n) is 2.20. The van der Waals surface area contributed by atoms with Gasteiger partial charge in [-0.15, -0.1) is 0 Å². The summed E-state index contributed by atoms with van der Waals surface area (Å²) in [5.74, 6) is 0.892. The fraction of sp³-hybridized carbons (Fsp3) is 0.500. The molecular formula is C14H17BrO3. The van der Waals surface area contributed by atoms with Crippen LogP contribution in [0.3, 0.4) is 0 Å². The Morgan fingerprint density at radius 3 is 2.78 bits per heavy atom. The Balaban J connectivity index is 2.37. The number of methoxy groups -OCH3 is 1. The molecule has 0 aliphatic carbocycles. The third-order valence-electron chi connectivity index (χ3n) is 3.39. The quantitative estimate of drug-likeness (QED) is 0.803. The third kappa shape index (κ3) is 2.45. The van der Waals surface area contributed by atoms with Gasteiger partial charge in [-0.05, 0) is 37.0 Å². The first kappa shape index (κ1) is 13.6. The van der Waals surface area contributed by atoms with E-state index < -0.39 is 0 Å². The minimum Gasteiger partial charge on any atom is -0.496 e. The van der Waals surface area contributed by atoms with Gasteiger partial charge in [0.15, 0.2) is 5.78 Å². The number of aryl methyl sites for hydroxylation is 1. The fourth-order valence-corrected chi connectivity index (χ4v) is 2.54. The van der Waals surface area contributed by atoms with Crippen LogP contribution in [-0.4, -0.2) is 25.6 Å². The molecule has 3 nitrogen and oxygen atoms in total. The number of ketones is 1. The van der Waals surface area contributed by atoms with Crippen molar-refractivity contribution >= 4 is 21.7 Å². The highest BCUT2D eigenvalue weighted by Gasteiger charge is 2.33. The van der Waals surface area contributed by atoms with Gasteiger partial charge < -0.3 is 9.47 Å². The van der Waals surface area contributed by atoms with E-state index in [0.717, 1.165) is 16.5 Å². The molecule has 0 N–H and O–H groups in total. The van der Waals surface area contributed by atoms with Crippen molar-refractivity contribution in [1.82, 2.24) is 0 Å². The average molecular weight is 313 g/mol. The standard InChI is InChI=1S/C14H17BrO3/c1-8-4-5-18-14(8)13(16)10-7-11(15)9(2)6-12(10)17-3/h6-8,14H,4-5H2,1-3H3. The summed E-state index contributed by atoms with van der Waals surface area (Å²) in [7, 11) is 1.58. The molecule has 0 aromatic heterocycles. The molecule has 2 rings (SSSR count). The molecule has 1 aliphatic heterocycles. The number of halogens is 1. The highest BCUT2D eigenvalue weighted by molar-refractivity contribution is 9.10. The zero-order chi connectivity index (χ0) is 13.3. The van der Waals surface area contributed by atoms with Gasteiger partial charge in [-0.1, -0.05) is 22.9 Å². The molecule has 1 saturated heterocycles. The van der Waals surface area contributed by atoms with Crippen molar-refractivity contribution in [3.05, 3.63) is 27.7 Å². The van der Waals surface area contributed by atoms with Crippen molar-refractivity contribution in [1.29, 1.82) is 0 Å². The van der Waals surface area contributed by atoms with Crippen molar-refractivity contribution < 1.29 is 14.3 Å². The number of Topliss-reactive ketones (excluding diaryl/α,β-unsaturated/α-hetero) is 1. The maximum atomic E-state index is 12.5. The molecule has 18 heavy (non-hydrogen) atoms. The Morgan fingerprint density at radius 1 is 1.50 bits per heavy atom. The van der Waals surface area contributed by atoms with E-state index in [9.17, 15) is 4.79 Å². The molecular weight excluding hydrogens is 296 g/mol. The lowest BCUT2D eigenvalue weighted by molar-refractivity contribution is 0.0576. The molecule has 4 heteroatoms. The van der Waals surface area contributed by atoms with Crippen LogP contribution < -0.4 is 4.74 Å². The van der Waals surface area contributed by atoms with Crippen LogP contribution in [0.5, 0.6) is 5.75 Å². The molecule has 0 amide bonds. The topological polar surface area (TPSA) is 35.5 Å². The number of hydrogen-bond donors (Lipinski definition) is 0. The van der Waals surface area contributed by atoms with Crippen molar-refractivity contribution in [2.24, 2.45) is 5.92 Å². The van der Waals surface area contributed by atoms with Gasteiger partial charge in [0.1, 0.15) is 11.9 Å². The van der Waals surface area contributed by atoms with E-state index in [-0.39, 0.29) is 17.8 Å². The summed E-state index contributed by atoms with van der Waals surface area (Å²) < 4.78 is 11.7. The van der Waals surface area contributed by atoms with E-state index >= 15 is 0 Å². The van der Waals surface area contributed by atoms with Crippen LogP contribution >= 0.6 is 15.9 Å². The molecule has 2 atom stereocenters. The van der Waals surface area contributed by atoms with Gasteiger partial charge in [-0.2, -0.15) is 0 Å².